The molecule has 0 saturated heterocycles. The van der Waals surface area contributed by atoms with Gasteiger partial charge >= 0.3 is 5.69 Å². The van der Waals surface area contributed by atoms with Gasteiger partial charge in [-0.2, -0.15) is 0 Å². The van der Waals surface area contributed by atoms with Crippen molar-refractivity contribution in [2.75, 3.05) is 5.73 Å². The number of nitrogen functional groups attached to an aromatic ring is 1. The molecular weight excluding hydrogens is 316 g/mol. The van der Waals surface area contributed by atoms with Gasteiger partial charge in [0.2, 0.25) is 0 Å². The number of aromatic nitrogens is 4. The van der Waals surface area contributed by atoms with E-state index in [1.54, 1.807) is 11.5 Å². The lowest BCUT2D eigenvalue weighted by Gasteiger charge is -2.26. The minimum atomic E-state index is -0.225. The molecule has 1 aliphatic carbocycles. The van der Waals surface area contributed by atoms with Crippen molar-refractivity contribution in [1.82, 2.24) is 24.8 Å². The lowest BCUT2D eigenvalue weighted by Crippen LogP contribution is -2.34. The number of H-pyrrole nitrogens is 1. The van der Waals surface area contributed by atoms with Gasteiger partial charge in [-0.25, -0.2) is 14.8 Å². The molecule has 0 unspecified atom stereocenters. The summed E-state index contributed by atoms with van der Waals surface area (Å²) < 4.78 is 1.60. The Hall–Kier alpha value is -2.67. The Kier molecular flexibility index (Phi) is 4.01. The lowest BCUT2D eigenvalue weighted by molar-refractivity contribution is 0.338. The van der Waals surface area contributed by atoms with Crippen LogP contribution in [0.25, 0.3) is 11.2 Å². The van der Waals surface area contributed by atoms with Crippen molar-refractivity contribution in [3.63, 3.8) is 0 Å². The average Bonchev–Trinajstić information content (AvgIpc) is 2.84. The van der Waals surface area contributed by atoms with E-state index in [2.05, 4.69) is 44.5 Å². The summed E-state index contributed by atoms with van der Waals surface area (Å²) in [6.07, 6.45) is 3.90. The summed E-state index contributed by atoms with van der Waals surface area (Å²) >= 11 is 0. The smallest absolute Gasteiger partial charge is 0.328 e. The number of aromatic amines is 1. The van der Waals surface area contributed by atoms with Crippen LogP contribution in [0, 0.1) is 6.92 Å². The van der Waals surface area contributed by atoms with E-state index in [-0.39, 0.29) is 5.69 Å². The van der Waals surface area contributed by atoms with Crippen LogP contribution in [0.4, 0.5) is 5.82 Å². The Morgan fingerprint density at radius 3 is 2.64 bits per heavy atom. The predicted octanol–water partition coefficient (Wildman–Crippen LogP) is 1.70. The third-order valence-corrected chi connectivity index (χ3v) is 4.83. The molecule has 0 bridgehead atoms. The molecule has 2 heterocycles. The molecule has 2 aromatic heterocycles. The highest BCUT2D eigenvalue weighted by Gasteiger charge is 2.16. The molecule has 0 aliphatic heterocycles. The van der Waals surface area contributed by atoms with Crippen LogP contribution < -0.4 is 16.7 Å². The predicted molar refractivity (Wildman–Crippen MR) is 97.3 cm³/mol. The molecule has 1 aromatic carbocycles. The quantitative estimate of drug-likeness (QED) is 0.657. The normalized spacial score (nSPS) is 14.8. The number of nitrogens with two attached hydrogens (primary N) is 1. The number of hydrogen-bond donors (Lipinski definition) is 3. The van der Waals surface area contributed by atoms with E-state index in [1.165, 1.54) is 24.8 Å². The Morgan fingerprint density at radius 1 is 1.24 bits per heavy atom. The topological polar surface area (TPSA) is 102 Å². The van der Waals surface area contributed by atoms with Gasteiger partial charge < -0.3 is 16.0 Å². The van der Waals surface area contributed by atoms with Gasteiger partial charge in [0.1, 0.15) is 11.3 Å². The zero-order valence-electron chi connectivity index (χ0n) is 14.2. The summed E-state index contributed by atoms with van der Waals surface area (Å²) in [5.41, 5.74) is 9.00. The Labute approximate surface area is 145 Å². The van der Waals surface area contributed by atoms with E-state index in [0.717, 1.165) is 12.1 Å². The molecular formula is C18H22N6O. The maximum absolute atomic E-state index is 12.3. The number of imidazole rings is 1. The van der Waals surface area contributed by atoms with Crippen molar-refractivity contribution in [3.8, 4) is 0 Å². The average molecular weight is 338 g/mol. The van der Waals surface area contributed by atoms with Crippen LogP contribution in [0.1, 0.15) is 36.2 Å². The van der Waals surface area contributed by atoms with Crippen LogP contribution in [-0.2, 0) is 13.1 Å². The molecule has 0 amide bonds. The van der Waals surface area contributed by atoms with E-state index in [9.17, 15) is 4.79 Å². The van der Waals surface area contributed by atoms with Crippen LogP contribution in [0.5, 0.6) is 0 Å². The molecule has 7 heteroatoms. The highest BCUT2D eigenvalue weighted by Crippen LogP contribution is 2.19. The molecule has 1 fully saturated rings. The first-order chi connectivity index (χ1) is 12.1. The van der Waals surface area contributed by atoms with Gasteiger partial charge in [-0.3, -0.25) is 4.57 Å². The van der Waals surface area contributed by atoms with Gasteiger partial charge in [0.15, 0.2) is 11.5 Å². The highest BCUT2D eigenvalue weighted by molar-refractivity contribution is 5.81. The lowest BCUT2D eigenvalue weighted by atomic mass is 9.93. The molecule has 0 atom stereocenters. The monoisotopic (exact) mass is 338 g/mol. The van der Waals surface area contributed by atoms with Gasteiger partial charge in [-0.15, -0.1) is 0 Å². The molecule has 1 saturated carbocycles. The van der Waals surface area contributed by atoms with E-state index in [1.807, 2.05) is 0 Å². The third-order valence-electron chi connectivity index (χ3n) is 4.83. The molecule has 4 rings (SSSR count). The first-order valence-corrected chi connectivity index (χ1v) is 8.64. The number of fused-ring (bicyclic) bond motifs is 1. The minimum absolute atomic E-state index is 0.225. The SMILES string of the molecule is Cc1nc(N)c2[nH]c(=O)n(Cc3ccc(CNC4CCC4)cc3)c2n1. The van der Waals surface area contributed by atoms with Gasteiger partial charge in [0, 0.05) is 12.6 Å². The first kappa shape index (κ1) is 15.8. The van der Waals surface area contributed by atoms with E-state index < -0.39 is 0 Å². The van der Waals surface area contributed by atoms with Crippen LogP contribution in [-0.4, -0.2) is 25.6 Å². The number of rotatable bonds is 5. The van der Waals surface area contributed by atoms with Crippen molar-refractivity contribution >= 4 is 17.0 Å². The maximum Gasteiger partial charge on any atom is 0.328 e. The largest absolute Gasteiger partial charge is 0.382 e. The van der Waals surface area contributed by atoms with Crippen LogP contribution in [0.3, 0.4) is 0 Å². The van der Waals surface area contributed by atoms with Gasteiger partial charge in [0.25, 0.3) is 0 Å². The molecule has 0 spiro atoms. The third kappa shape index (κ3) is 3.15. The second-order valence-electron chi connectivity index (χ2n) is 6.70. The molecule has 0 radical (unpaired) electrons. The number of benzene rings is 1. The Morgan fingerprint density at radius 2 is 1.96 bits per heavy atom. The van der Waals surface area contributed by atoms with Gasteiger partial charge in [-0.1, -0.05) is 30.7 Å². The standard InChI is InChI=1S/C18H22N6O/c1-11-21-16(19)15-17(22-11)24(18(25)23-15)10-13-7-5-12(6-8-13)9-20-14-3-2-4-14/h5-8,14,20H,2-4,9-10H2,1H3,(H,23,25)(H2,19,21,22). The summed E-state index contributed by atoms with van der Waals surface area (Å²) in [6, 6.07) is 9.00. The fourth-order valence-corrected chi connectivity index (χ4v) is 3.13. The molecule has 25 heavy (non-hydrogen) atoms. The van der Waals surface area contributed by atoms with Gasteiger partial charge in [0.05, 0.1) is 6.54 Å². The summed E-state index contributed by atoms with van der Waals surface area (Å²) in [4.78, 5) is 23.5. The van der Waals surface area contributed by atoms with E-state index in [4.69, 9.17) is 5.73 Å². The van der Waals surface area contributed by atoms with Crippen molar-refractivity contribution in [2.45, 2.75) is 45.3 Å². The fourth-order valence-electron chi connectivity index (χ4n) is 3.13. The first-order valence-electron chi connectivity index (χ1n) is 8.64. The van der Waals surface area contributed by atoms with E-state index >= 15 is 0 Å². The molecule has 3 aromatic rings. The zero-order valence-corrected chi connectivity index (χ0v) is 14.2. The molecule has 130 valence electrons. The highest BCUT2D eigenvalue weighted by atomic mass is 16.1. The van der Waals surface area contributed by atoms with Crippen molar-refractivity contribution in [1.29, 1.82) is 0 Å². The number of anilines is 1. The van der Waals surface area contributed by atoms with Crippen molar-refractivity contribution < 1.29 is 0 Å². The summed E-state index contributed by atoms with van der Waals surface area (Å²) in [5, 5.41) is 3.56. The number of nitrogens with one attached hydrogen (secondary N) is 2. The molecule has 7 nitrogen and oxygen atoms in total. The Balaban J connectivity index is 1.54. The summed E-state index contributed by atoms with van der Waals surface area (Å²) in [7, 11) is 0. The van der Waals surface area contributed by atoms with E-state index in [0.29, 0.717) is 35.4 Å². The second-order valence-corrected chi connectivity index (χ2v) is 6.70. The summed E-state index contributed by atoms with van der Waals surface area (Å²) in [6.45, 7) is 3.10. The number of aryl methyl sites for hydroxylation is 1. The minimum Gasteiger partial charge on any atom is -0.382 e. The fraction of sp³-hybridized carbons (Fsp3) is 0.389. The Bertz CT molecular complexity index is 952. The van der Waals surface area contributed by atoms with Gasteiger partial charge in [-0.05, 0) is 30.9 Å². The molecule has 4 N–H and O–H groups in total. The second kappa shape index (κ2) is 6.33. The number of nitrogens with zero attached hydrogens (tertiary/aromatic N) is 3. The zero-order chi connectivity index (χ0) is 17.4. The van der Waals surface area contributed by atoms with Crippen LogP contribution in [0.15, 0.2) is 29.1 Å². The van der Waals surface area contributed by atoms with Crippen LogP contribution >= 0.6 is 0 Å². The van der Waals surface area contributed by atoms with Crippen molar-refractivity contribution in [2.24, 2.45) is 0 Å². The number of hydrogen-bond acceptors (Lipinski definition) is 5. The van der Waals surface area contributed by atoms with Crippen LogP contribution in [0.2, 0.25) is 0 Å². The molecule has 1 aliphatic rings. The summed E-state index contributed by atoms with van der Waals surface area (Å²) in [5.74, 6) is 0.853. The maximum atomic E-state index is 12.3. The van der Waals surface area contributed by atoms with Crippen molar-refractivity contribution in [3.05, 3.63) is 51.7 Å².